The van der Waals surface area contributed by atoms with Gasteiger partial charge in [-0.05, 0) is 47.9 Å². The highest BCUT2D eigenvalue weighted by Crippen LogP contribution is 2.38. The van der Waals surface area contributed by atoms with Crippen LogP contribution in [0.15, 0.2) is 51.9 Å². The number of anilines is 1. The second-order valence-electron chi connectivity index (χ2n) is 7.01. The molecule has 0 fully saturated rings. The number of ether oxygens (including phenoxy) is 2. The Bertz CT molecular complexity index is 1200. The first-order valence-electron chi connectivity index (χ1n) is 9.36. The zero-order chi connectivity index (χ0) is 22.3. The number of alkyl halides is 3. The van der Waals surface area contributed by atoms with Crippen molar-refractivity contribution in [2.45, 2.75) is 12.6 Å². The first-order valence-corrected chi connectivity index (χ1v) is 10.1. The Labute approximate surface area is 184 Å². The molecule has 1 N–H and O–H groups in total. The molecular weight excluding hydrogens is 477 g/mol. The second-order valence-corrected chi connectivity index (χ2v) is 7.92. The summed E-state index contributed by atoms with van der Waals surface area (Å²) in [4.78, 5) is 13.1. The Morgan fingerprint density at radius 1 is 1.06 bits per heavy atom. The van der Waals surface area contributed by atoms with Crippen LogP contribution >= 0.6 is 15.9 Å². The molecule has 0 saturated carbocycles. The van der Waals surface area contributed by atoms with Gasteiger partial charge in [-0.1, -0.05) is 15.9 Å². The standard InChI is InChI=1S/C22H18BrF3N2O3/c1-30-14-7-12(8-15(10-14)31-2)17-11-28(21(29)20-16(17)5-6-27-20)19-9-13(23)3-4-18(19)22(24,25)26/h3-4,7-11,27H,5-6H2,1-2H3. The highest BCUT2D eigenvalue weighted by atomic mass is 79.9. The lowest BCUT2D eigenvalue weighted by molar-refractivity contribution is -0.137. The molecule has 31 heavy (non-hydrogen) atoms. The molecule has 0 amide bonds. The normalized spacial score (nSPS) is 13.0. The van der Waals surface area contributed by atoms with Crippen LogP contribution in [-0.4, -0.2) is 25.3 Å². The van der Waals surface area contributed by atoms with E-state index in [4.69, 9.17) is 9.47 Å². The molecule has 1 aliphatic heterocycles. The second kappa shape index (κ2) is 7.96. The largest absolute Gasteiger partial charge is 0.497 e. The first-order chi connectivity index (χ1) is 14.7. The minimum Gasteiger partial charge on any atom is -0.497 e. The molecule has 0 atom stereocenters. The summed E-state index contributed by atoms with van der Waals surface area (Å²) in [5.41, 5.74) is 0.671. The number of aromatic nitrogens is 1. The molecule has 0 aliphatic carbocycles. The lowest BCUT2D eigenvalue weighted by atomic mass is 9.99. The topological polar surface area (TPSA) is 52.5 Å². The third-order valence-corrected chi connectivity index (χ3v) is 5.67. The van der Waals surface area contributed by atoms with E-state index in [9.17, 15) is 18.0 Å². The van der Waals surface area contributed by atoms with Crippen molar-refractivity contribution in [2.24, 2.45) is 0 Å². The van der Waals surface area contributed by atoms with Gasteiger partial charge < -0.3 is 14.8 Å². The van der Waals surface area contributed by atoms with Gasteiger partial charge in [0.05, 0.1) is 25.5 Å². The fraction of sp³-hybridized carbons (Fsp3) is 0.227. The molecule has 1 aromatic heterocycles. The fourth-order valence-electron chi connectivity index (χ4n) is 3.74. The van der Waals surface area contributed by atoms with Gasteiger partial charge in [0.15, 0.2) is 0 Å². The molecule has 0 spiro atoms. The van der Waals surface area contributed by atoms with Crippen LogP contribution in [0, 0.1) is 0 Å². The summed E-state index contributed by atoms with van der Waals surface area (Å²) in [6.45, 7) is 0.521. The summed E-state index contributed by atoms with van der Waals surface area (Å²) in [6.07, 6.45) is -2.59. The van der Waals surface area contributed by atoms with Gasteiger partial charge in [-0.25, -0.2) is 0 Å². The van der Waals surface area contributed by atoms with E-state index in [-0.39, 0.29) is 5.69 Å². The average Bonchev–Trinajstić information content (AvgIpc) is 3.23. The van der Waals surface area contributed by atoms with Crippen LogP contribution in [-0.2, 0) is 12.6 Å². The fourth-order valence-corrected chi connectivity index (χ4v) is 4.09. The Morgan fingerprint density at radius 3 is 2.35 bits per heavy atom. The lowest BCUT2D eigenvalue weighted by Gasteiger charge is -2.18. The van der Waals surface area contributed by atoms with Crippen LogP contribution in [0.2, 0.25) is 0 Å². The van der Waals surface area contributed by atoms with Gasteiger partial charge in [0.2, 0.25) is 0 Å². The van der Waals surface area contributed by atoms with Crippen molar-refractivity contribution in [3.8, 4) is 28.3 Å². The van der Waals surface area contributed by atoms with Crippen molar-refractivity contribution in [3.05, 3.63) is 68.5 Å². The molecule has 0 unspecified atom stereocenters. The third-order valence-electron chi connectivity index (χ3n) is 5.18. The Kier molecular flexibility index (Phi) is 5.47. The van der Waals surface area contributed by atoms with E-state index >= 15 is 0 Å². The third kappa shape index (κ3) is 3.89. The highest BCUT2D eigenvalue weighted by Gasteiger charge is 2.35. The molecule has 2 aromatic carbocycles. The number of nitrogens with one attached hydrogen (secondary N) is 1. The van der Waals surface area contributed by atoms with Crippen molar-refractivity contribution < 1.29 is 22.6 Å². The van der Waals surface area contributed by atoms with Gasteiger partial charge in [-0.3, -0.25) is 9.36 Å². The maximum absolute atomic E-state index is 13.7. The molecule has 0 saturated heterocycles. The zero-order valence-electron chi connectivity index (χ0n) is 16.6. The molecular formula is C22H18BrF3N2O3. The van der Waals surface area contributed by atoms with Gasteiger partial charge in [0.1, 0.15) is 17.2 Å². The Balaban J connectivity index is 2.03. The molecule has 0 bridgehead atoms. The summed E-state index contributed by atoms with van der Waals surface area (Å²) in [6, 6.07) is 8.78. The van der Waals surface area contributed by atoms with Crippen LogP contribution in [0.3, 0.4) is 0 Å². The van der Waals surface area contributed by atoms with Gasteiger partial charge in [-0.15, -0.1) is 0 Å². The van der Waals surface area contributed by atoms with Crippen molar-refractivity contribution >= 4 is 21.6 Å². The maximum atomic E-state index is 13.7. The van der Waals surface area contributed by atoms with Crippen molar-refractivity contribution in [2.75, 3.05) is 26.1 Å². The van der Waals surface area contributed by atoms with Gasteiger partial charge >= 0.3 is 6.18 Å². The van der Waals surface area contributed by atoms with Crippen LogP contribution < -0.4 is 20.3 Å². The first kappa shape index (κ1) is 21.3. The smallest absolute Gasteiger partial charge is 0.418 e. The van der Waals surface area contributed by atoms with Crippen molar-refractivity contribution in [1.82, 2.24) is 4.57 Å². The quantitative estimate of drug-likeness (QED) is 0.536. The molecule has 162 valence electrons. The lowest BCUT2D eigenvalue weighted by Crippen LogP contribution is -2.24. The number of nitrogens with zero attached hydrogens (tertiary/aromatic N) is 1. The maximum Gasteiger partial charge on any atom is 0.418 e. The predicted octanol–water partition coefficient (Wildman–Crippen LogP) is 5.27. The number of pyridine rings is 1. The summed E-state index contributed by atoms with van der Waals surface area (Å²) in [7, 11) is 3.03. The number of halogens is 4. The van der Waals surface area contributed by atoms with E-state index in [2.05, 4.69) is 21.2 Å². The summed E-state index contributed by atoms with van der Waals surface area (Å²) in [5, 5.41) is 3.03. The Hall–Kier alpha value is -2.94. The number of hydrogen-bond donors (Lipinski definition) is 1. The molecule has 9 heteroatoms. The van der Waals surface area contributed by atoms with E-state index < -0.39 is 17.3 Å². The number of methoxy groups -OCH3 is 2. The molecule has 0 radical (unpaired) electrons. The molecule has 5 nitrogen and oxygen atoms in total. The highest BCUT2D eigenvalue weighted by molar-refractivity contribution is 9.10. The van der Waals surface area contributed by atoms with E-state index in [0.717, 1.165) is 16.2 Å². The minimum absolute atomic E-state index is 0.250. The predicted molar refractivity (Wildman–Crippen MR) is 115 cm³/mol. The van der Waals surface area contributed by atoms with Crippen LogP contribution in [0.25, 0.3) is 16.8 Å². The summed E-state index contributed by atoms with van der Waals surface area (Å²) >= 11 is 3.22. The number of hydrogen-bond acceptors (Lipinski definition) is 4. The van der Waals surface area contributed by atoms with Gasteiger partial charge in [-0.2, -0.15) is 13.2 Å². The summed E-state index contributed by atoms with van der Waals surface area (Å²) in [5.74, 6) is 1.07. The Morgan fingerprint density at radius 2 is 1.74 bits per heavy atom. The molecule has 2 heterocycles. The number of benzene rings is 2. The van der Waals surface area contributed by atoms with Crippen molar-refractivity contribution in [1.29, 1.82) is 0 Å². The van der Waals surface area contributed by atoms with E-state index in [1.165, 1.54) is 32.5 Å². The van der Waals surface area contributed by atoms with Gasteiger partial charge in [0, 0.05) is 28.8 Å². The van der Waals surface area contributed by atoms with Crippen LogP contribution in [0.5, 0.6) is 11.5 Å². The van der Waals surface area contributed by atoms with Crippen LogP contribution in [0.4, 0.5) is 18.9 Å². The molecule has 1 aliphatic rings. The number of fused-ring (bicyclic) bond motifs is 1. The number of rotatable bonds is 4. The van der Waals surface area contributed by atoms with Crippen LogP contribution in [0.1, 0.15) is 11.1 Å². The monoisotopic (exact) mass is 494 g/mol. The van der Waals surface area contributed by atoms with E-state index in [1.807, 2.05) is 0 Å². The summed E-state index contributed by atoms with van der Waals surface area (Å²) < 4.78 is 53.3. The minimum atomic E-state index is -4.62. The molecule has 4 rings (SSSR count). The average molecular weight is 495 g/mol. The van der Waals surface area contributed by atoms with E-state index in [1.54, 1.807) is 18.2 Å². The zero-order valence-corrected chi connectivity index (χ0v) is 18.2. The van der Waals surface area contributed by atoms with Gasteiger partial charge in [0.25, 0.3) is 5.56 Å². The molecule has 3 aromatic rings. The SMILES string of the molecule is COc1cc(OC)cc(-c2cn(-c3cc(Br)ccc3C(F)(F)F)c(=O)c3c2CCN3)c1. The van der Waals surface area contributed by atoms with E-state index in [0.29, 0.717) is 45.8 Å². The van der Waals surface area contributed by atoms with Crippen molar-refractivity contribution in [3.63, 3.8) is 0 Å².